The number of anilines is 1. The Bertz CT molecular complexity index is 1260. The van der Waals surface area contributed by atoms with Gasteiger partial charge < -0.3 is 19.7 Å². The first-order valence-electron chi connectivity index (χ1n) is 10.6. The van der Waals surface area contributed by atoms with Crippen LogP contribution in [0.15, 0.2) is 41.2 Å². The zero-order valence-corrected chi connectivity index (χ0v) is 18.4. The molecule has 4 rings (SSSR count). The van der Waals surface area contributed by atoms with E-state index in [1.165, 1.54) is 4.57 Å². The van der Waals surface area contributed by atoms with Gasteiger partial charge in [0.05, 0.1) is 5.52 Å². The predicted octanol–water partition coefficient (Wildman–Crippen LogP) is 4.65. The van der Waals surface area contributed by atoms with Gasteiger partial charge in [-0.15, -0.1) is 0 Å². The lowest BCUT2D eigenvalue weighted by atomic mass is 9.99. The Morgan fingerprint density at radius 2 is 1.97 bits per heavy atom. The van der Waals surface area contributed by atoms with Gasteiger partial charge in [0.1, 0.15) is 17.1 Å². The summed E-state index contributed by atoms with van der Waals surface area (Å²) in [6.07, 6.45) is 3.49. The van der Waals surface area contributed by atoms with Crippen LogP contribution in [-0.2, 0) is 17.8 Å². The third-order valence-electron chi connectivity index (χ3n) is 5.51. The van der Waals surface area contributed by atoms with E-state index in [1.54, 1.807) is 36.4 Å². The second-order valence-corrected chi connectivity index (χ2v) is 8.24. The number of ether oxygens (including phenoxy) is 1. The Labute approximate surface area is 189 Å². The van der Waals surface area contributed by atoms with Crippen molar-refractivity contribution in [2.45, 2.75) is 45.6 Å². The first-order chi connectivity index (χ1) is 15.4. The molecule has 0 unspecified atom stereocenters. The number of aryl methyl sites for hydroxylation is 2. The molecule has 0 spiro atoms. The third kappa shape index (κ3) is 4.21. The van der Waals surface area contributed by atoms with Gasteiger partial charge in [-0.2, -0.15) is 0 Å². The molecule has 0 fully saturated rings. The molecule has 2 aromatic carbocycles. The molecule has 32 heavy (non-hydrogen) atoms. The fraction of sp³-hybridized carbons (Fsp3) is 0.292. The standard InChI is InChI=1S/C24H23ClN2O5/c1-2-3-6-19(28)32-17-9-7-16(8-10-17)26-23(30)20-22(29)18-13-15(25)12-14-5-4-11-27(21(14)18)24(20)31/h7-10,12-13,29H,2-6,11H2,1H3,(H,26,30). The molecule has 1 aliphatic heterocycles. The number of aromatic nitrogens is 1. The number of nitrogens with one attached hydrogen (secondary N) is 1. The van der Waals surface area contributed by atoms with Crippen LogP contribution in [0, 0.1) is 0 Å². The summed E-state index contributed by atoms with van der Waals surface area (Å²) in [5.41, 5.74) is 1.02. The fourth-order valence-electron chi connectivity index (χ4n) is 3.97. The second kappa shape index (κ2) is 9.04. The summed E-state index contributed by atoms with van der Waals surface area (Å²) in [4.78, 5) is 37.7. The van der Waals surface area contributed by atoms with E-state index in [0.717, 1.165) is 31.2 Å². The minimum absolute atomic E-state index is 0.315. The molecule has 1 aromatic heterocycles. The lowest BCUT2D eigenvalue weighted by molar-refractivity contribution is -0.134. The Balaban J connectivity index is 1.61. The monoisotopic (exact) mass is 454 g/mol. The highest BCUT2D eigenvalue weighted by molar-refractivity contribution is 6.31. The topological polar surface area (TPSA) is 97.6 Å². The van der Waals surface area contributed by atoms with Crippen molar-refractivity contribution >= 4 is 40.1 Å². The lowest BCUT2D eigenvalue weighted by Crippen LogP contribution is -2.31. The van der Waals surface area contributed by atoms with Gasteiger partial charge in [0.25, 0.3) is 11.5 Å². The van der Waals surface area contributed by atoms with E-state index in [2.05, 4.69) is 5.32 Å². The smallest absolute Gasteiger partial charge is 0.311 e. The number of nitrogens with zero attached hydrogens (tertiary/aromatic N) is 1. The van der Waals surface area contributed by atoms with Crippen molar-refractivity contribution in [1.29, 1.82) is 0 Å². The van der Waals surface area contributed by atoms with Crippen molar-refractivity contribution in [3.63, 3.8) is 0 Å². The summed E-state index contributed by atoms with van der Waals surface area (Å²) in [6.45, 7) is 2.45. The number of esters is 1. The second-order valence-electron chi connectivity index (χ2n) is 7.80. The highest BCUT2D eigenvalue weighted by Crippen LogP contribution is 2.34. The van der Waals surface area contributed by atoms with Crippen LogP contribution in [0.1, 0.15) is 48.5 Å². The molecular formula is C24H23ClN2O5. The van der Waals surface area contributed by atoms with Gasteiger partial charge in [-0.1, -0.05) is 24.9 Å². The van der Waals surface area contributed by atoms with Gasteiger partial charge >= 0.3 is 5.97 Å². The fourth-order valence-corrected chi connectivity index (χ4v) is 4.21. The van der Waals surface area contributed by atoms with Gasteiger partial charge in [0.15, 0.2) is 0 Å². The Morgan fingerprint density at radius 3 is 2.69 bits per heavy atom. The molecule has 0 radical (unpaired) electrons. The number of carbonyl (C=O) groups is 2. The van der Waals surface area contributed by atoms with E-state index in [-0.39, 0.29) is 17.3 Å². The maximum absolute atomic E-state index is 13.1. The van der Waals surface area contributed by atoms with E-state index < -0.39 is 11.5 Å². The number of halogens is 1. The number of carbonyl (C=O) groups excluding carboxylic acids is 2. The molecule has 2 heterocycles. The molecule has 0 saturated heterocycles. The van der Waals surface area contributed by atoms with Crippen molar-refractivity contribution in [3.05, 3.63) is 62.9 Å². The maximum atomic E-state index is 13.1. The molecule has 0 aliphatic carbocycles. The van der Waals surface area contributed by atoms with Crippen LogP contribution in [0.3, 0.4) is 0 Å². The Morgan fingerprint density at radius 1 is 1.22 bits per heavy atom. The molecule has 0 atom stereocenters. The zero-order chi connectivity index (χ0) is 22.8. The number of pyridine rings is 1. The van der Waals surface area contributed by atoms with Gasteiger partial charge in [-0.3, -0.25) is 14.4 Å². The van der Waals surface area contributed by atoms with Gasteiger partial charge in [0, 0.05) is 29.1 Å². The minimum Gasteiger partial charge on any atom is -0.506 e. The van der Waals surface area contributed by atoms with Crippen LogP contribution in [0.25, 0.3) is 10.9 Å². The summed E-state index contributed by atoms with van der Waals surface area (Å²) in [5, 5.41) is 14.2. The van der Waals surface area contributed by atoms with E-state index >= 15 is 0 Å². The summed E-state index contributed by atoms with van der Waals surface area (Å²) < 4.78 is 6.77. The van der Waals surface area contributed by atoms with E-state index in [9.17, 15) is 19.5 Å². The summed E-state index contributed by atoms with van der Waals surface area (Å²) in [6, 6.07) is 9.60. The summed E-state index contributed by atoms with van der Waals surface area (Å²) in [5.74, 6) is -1.06. The first kappa shape index (κ1) is 21.9. The largest absolute Gasteiger partial charge is 0.506 e. The molecule has 0 saturated carbocycles. The van der Waals surface area contributed by atoms with Crippen LogP contribution in [-0.4, -0.2) is 21.6 Å². The van der Waals surface area contributed by atoms with Crippen LogP contribution >= 0.6 is 11.6 Å². The minimum atomic E-state index is -0.724. The number of unbranched alkanes of at least 4 members (excludes halogenated alkanes) is 1. The third-order valence-corrected chi connectivity index (χ3v) is 5.73. The van der Waals surface area contributed by atoms with Crippen LogP contribution in [0.4, 0.5) is 5.69 Å². The van der Waals surface area contributed by atoms with Crippen LogP contribution in [0.2, 0.25) is 5.02 Å². The summed E-state index contributed by atoms with van der Waals surface area (Å²) >= 11 is 6.20. The molecule has 3 aromatic rings. The molecule has 1 amide bonds. The molecule has 7 nitrogen and oxygen atoms in total. The van der Waals surface area contributed by atoms with Crippen LogP contribution in [0.5, 0.6) is 11.5 Å². The predicted molar refractivity (Wildman–Crippen MR) is 123 cm³/mol. The quantitative estimate of drug-likeness (QED) is 0.417. The van der Waals surface area contributed by atoms with Crippen molar-refractivity contribution in [2.24, 2.45) is 0 Å². The number of rotatable bonds is 6. The molecule has 166 valence electrons. The van der Waals surface area contributed by atoms with Crippen LogP contribution < -0.4 is 15.6 Å². The number of amides is 1. The molecule has 2 N–H and O–H groups in total. The van der Waals surface area contributed by atoms with E-state index in [4.69, 9.17) is 16.3 Å². The summed E-state index contributed by atoms with van der Waals surface area (Å²) in [7, 11) is 0. The number of benzene rings is 2. The van der Waals surface area contributed by atoms with Crippen molar-refractivity contribution in [1.82, 2.24) is 4.57 Å². The highest BCUT2D eigenvalue weighted by atomic mass is 35.5. The number of hydrogen-bond acceptors (Lipinski definition) is 5. The Hall–Kier alpha value is -3.32. The van der Waals surface area contributed by atoms with Gasteiger partial charge in [-0.25, -0.2) is 0 Å². The number of hydrogen-bond donors (Lipinski definition) is 2. The average molecular weight is 455 g/mol. The number of aromatic hydroxyl groups is 1. The van der Waals surface area contributed by atoms with Crippen molar-refractivity contribution in [3.8, 4) is 11.5 Å². The highest BCUT2D eigenvalue weighted by Gasteiger charge is 2.25. The average Bonchev–Trinajstić information content (AvgIpc) is 2.77. The first-order valence-corrected chi connectivity index (χ1v) is 11.0. The van der Waals surface area contributed by atoms with Gasteiger partial charge in [0.2, 0.25) is 0 Å². The molecular weight excluding hydrogens is 432 g/mol. The van der Waals surface area contributed by atoms with Crippen molar-refractivity contribution < 1.29 is 19.4 Å². The SMILES string of the molecule is CCCCC(=O)Oc1ccc(NC(=O)c2c(O)c3cc(Cl)cc4c3n(c2=O)CCC4)cc1. The van der Waals surface area contributed by atoms with Gasteiger partial charge in [-0.05, 0) is 61.2 Å². The normalized spacial score (nSPS) is 12.6. The lowest BCUT2D eigenvalue weighted by Gasteiger charge is -2.21. The van der Waals surface area contributed by atoms with Crippen molar-refractivity contribution in [2.75, 3.05) is 5.32 Å². The molecule has 8 heteroatoms. The molecule has 0 bridgehead atoms. The van der Waals surface area contributed by atoms with E-state index in [0.29, 0.717) is 40.3 Å². The zero-order valence-electron chi connectivity index (χ0n) is 17.6. The maximum Gasteiger partial charge on any atom is 0.311 e. The molecule has 1 aliphatic rings. The Kier molecular flexibility index (Phi) is 6.19. The van der Waals surface area contributed by atoms with E-state index in [1.807, 2.05) is 6.92 Å².